The molecule has 0 aromatic heterocycles. The van der Waals surface area contributed by atoms with Crippen molar-refractivity contribution in [1.82, 2.24) is 0 Å². The number of ether oxygens (including phenoxy) is 2. The molecule has 1 aliphatic carbocycles. The number of carbonyl (C=O) groups excluding carboxylic acids is 1. The molecule has 5 nitrogen and oxygen atoms in total. The molecule has 0 amide bonds. The smallest absolute Gasteiger partial charge is 0.374 e. The molecule has 1 fully saturated rings. The highest BCUT2D eigenvalue weighted by molar-refractivity contribution is 14.1. The molecule has 1 saturated carbocycles. The minimum Gasteiger partial charge on any atom is -0.479 e. The summed E-state index contributed by atoms with van der Waals surface area (Å²) in [5.74, 6) is 1.84. The zero-order valence-corrected chi connectivity index (χ0v) is 20.0. The highest BCUT2D eigenvalue weighted by atomic mass is 127. The van der Waals surface area contributed by atoms with E-state index in [0.29, 0.717) is 22.8 Å². The maximum Gasteiger partial charge on any atom is 0.374 e. The van der Waals surface area contributed by atoms with Gasteiger partial charge in [-0.3, -0.25) is 0 Å². The Morgan fingerprint density at radius 2 is 1.63 bits per heavy atom. The van der Waals surface area contributed by atoms with Crippen LogP contribution in [0, 0.1) is 14.9 Å². The van der Waals surface area contributed by atoms with Crippen LogP contribution >= 0.6 is 22.6 Å². The summed E-state index contributed by atoms with van der Waals surface area (Å²) in [5, 5.41) is 4.13. The van der Waals surface area contributed by atoms with Crippen molar-refractivity contribution in [3.05, 3.63) is 52.1 Å². The van der Waals surface area contributed by atoms with Crippen LogP contribution in [0.2, 0.25) is 0 Å². The van der Waals surface area contributed by atoms with E-state index in [0.717, 1.165) is 34.3 Å². The molecule has 3 rings (SSSR count). The number of carbonyl (C=O) groups is 1. The van der Waals surface area contributed by atoms with Crippen molar-refractivity contribution < 1.29 is 19.1 Å². The van der Waals surface area contributed by atoms with Gasteiger partial charge in [-0.25, -0.2) is 4.79 Å². The number of hydrogen-bond acceptors (Lipinski definition) is 5. The van der Waals surface area contributed by atoms with Crippen LogP contribution in [0.15, 0.2) is 53.7 Å². The summed E-state index contributed by atoms with van der Waals surface area (Å²) in [6.45, 7) is 8.32. The number of benzene rings is 2. The lowest BCUT2D eigenvalue weighted by molar-refractivity contribution is -0.151. The Hall–Kier alpha value is -2.09. The normalized spacial score (nSPS) is 20.4. The summed E-state index contributed by atoms with van der Waals surface area (Å²) in [5.41, 5.74) is 1.26. The van der Waals surface area contributed by atoms with Crippen molar-refractivity contribution in [2.45, 2.75) is 53.1 Å². The minimum absolute atomic E-state index is 0.313. The van der Waals surface area contributed by atoms with Crippen LogP contribution in [0.5, 0.6) is 17.2 Å². The molecule has 0 bridgehead atoms. The summed E-state index contributed by atoms with van der Waals surface area (Å²) in [7, 11) is 0. The van der Waals surface area contributed by atoms with Crippen molar-refractivity contribution in [2.24, 2.45) is 16.5 Å². The molecule has 160 valence electrons. The standard InChI is InChI=1S/C24H28INO4/c1-16-15-24(3,4)14-13-22(16)26-30-23(27)17(2)28-19-9-11-21(12-10-19)29-20-7-5-18(25)6-8-20/h5-12,16-17H,13-15H2,1-4H3. The Morgan fingerprint density at radius 1 is 1.07 bits per heavy atom. The maximum absolute atomic E-state index is 12.3. The predicted molar refractivity (Wildman–Crippen MR) is 126 cm³/mol. The van der Waals surface area contributed by atoms with Crippen LogP contribution in [0.3, 0.4) is 0 Å². The van der Waals surface area contributed by atoms with Gasteiger partial charge in [-0.1, -0.05) is 25.9 Å². The van der Waals surface area contributed by atoms with E-state index >= 15 is 0 Å². The summed E-state index contributed by atoms with van der Waals surface area (Å²) in [6.07, 6.45) is 2.20. The third-order valence-corrected chi connectivity index (χ3v) is 5.98. The van der Waals surface area contributed by atoms with E-state index in [1.807, 2.05) is 24.3 Å². The van der Waals surface area contributed by atoms with Gasteiger partial charge in [0.25, 0.3) is 0 Å². The van der Waals surface area contributed by atoms with Crippen molar-refractivity contribution >= 4 is 34.3 Å². The number of halogens is 1. The minimum atomic E-state index is -0.757. The molecule has 2 aromatic carbocycles. The van der Waals surface area contributed by atoms with Gasteiger partial charge in [-0.2, -0.15) is 0 Å². The average molecular weight is 521 g/mol. The van der Waals surface area contributed by atoms with Crippen molar-refractivity contribution in [3.8, 4) is 17.2 Å². The van der Waals surface area contributed by atoms with Crippen LogP contribution in [0.4, 0.5) is 0 Å². The molecule has 2 unspecified atom stereocenters. The van der Waals surface area contributed by atoms with Crippen molar-refractivity contribution in [3.63, 3.8) is 0 Å². The first-order valence-electron chi connectivity index (χ1n) is 10.2. The van der Waals surface area contributed by atoms with Gasteiger partial charge in [0.15, 0.2) is 6.10 Å². The van der Waals surface area contributed by atoms with Gasteiger partial charge in [0.1, 0.15) is 17.2 Å². The summed E-state index contributed by atoms with van der Waals surface area (Å²) < 4.78 is 12.6. The summed E-state index contributed by atoms with van der Waals surface area (Å²) in [4.78, 5) is 17.4. The molecular formula is C24H28INO4. The first kappa shape index (κ1) is 22.6. The fourth-order valence-corrected chi connectivity index (χ4v) is 3.91. The molecule has 1 aliphatic rings. The Labute approximate surface area is 191 Å². The van der Waals surface area contributed by atoms with Gasteiger partial charge in [0, 0.05) is 3.57 Å². The highest BCUT2D eigenvalue weighted by Crippen LogP contribution is 2.37. The van der Waals surface area contributed by atoms with Gasteiger partial charge in [0.2, 0.25) is 0 Å². The first-order chi connectivity index (χ1) is 14.2. The number of rotatable bonds is 6. The van der Waals surface area contributed by atoms with E-state index in [1.165, 1.54) is 0 Å². The zero-order valence-electron chi connectivity index (χ0n) is 17.9. The number of nitrogens with zero attached hydrogens (tertiary/aromatic N) is 1. The third-order valence-electron chi connectivity index (χ3n) is 5.26. The van der Waals surface area contributed by atoms with Crippen LogP contribution < -0.4 is 9.47 Å². The molecular weight excluding hydrogens is 493 g/mol. The third kappa shape index (κ3) is 6.45. The largest absolute Gasteiger partial charge is 0.479 e. The number of oxime groups is 1. The second-order valence-corrected chi connectivity index (χ2v) is 9.80. The highest BCUT2D eigenvalue weighted by Gasteiger charge is 2.30. The van der Waals surface area contributed by atoms with Gasteiger partial charge in [0.05, 0.1) is 5.71 Å². The molecule has 0 radical (unpaired) electrons. The monoisotopic (exact) mass is 521 g/mol. The van der Waals surface area contributed by atoms with E-state index in [-0.39, 0.29) is 0 Å². The average Bonchev–Trinajstić information content (AvgIpc) is 2.69. The molecule has 0 N–H and O–H groups in total. The van der Waals surface area contributed by atoms with Crippen LogP contribution in [-0.4, -0.2) is 17.8 Å². The molecule has 6 heteroatoms. The predicted octanol–water partition coefficient (Wildman–Crippen LogP) is 6.60. The second kappa shape index (κ2) is 9.81. The second-order valence-electron chi connectivity index (χ2n) is 8.55. The molecule has 0 saturated heterocycles. The Balaban J connectivity index is 1.51. The van der Waals surface area contributed by atoms with Crippen LogP contribution in [-0.2, 0) is 9.63 Å². The maximum atomic E-state index is 12.3. The molecule has 0 spiro atoms. The fraction of sp³-hybridized carbons (Fsp3) is 0.417. The lowest BCUT2D eigenvalue weighted by Crippen LogP contribution is -2.30. The van der Waals surface area contributed by atoms with Crippen molar-refractivity contribution in [1.29, 1.82) is 0 Å². The molecule has 30 heavy (non-hydrogen) atoms. The van der Waals surface area contributed by atoms with Gasteiger partial charge >= 0.3 is 5.97 Å². The lowest BCUT2D eigenvalue weighted by Gasteiger charge is -2.34. The number of hydrogen-bond donors (Lipinski definition) is 0. The quantitative estimate of drug-likeness (QED) is 0.244. The molecule has 2 aromatic rings. The Kier molecular flexibility index (Phi) is 7.39. The summed E-state index contributed by atoms with van der Waals surface area (Å²) in [6, 6.07) is 14.9. The van der Waals surface area contributed by atoms with E-state index in [9.17, 15) is 4.79 Å². The Morgan fingerprint density at radius 3 is 2.23 bits per heavy atom. The van der Waals surface area contributed by atoms with E-state index in [2.05, 4.69) is 48.5 Å². The van der Waals surface area contributed by atoms with Gasteiger partial charge < -0.3 is 14.3 Å². The molecule has 2 atom stereocenters. The van der Waals surface area contributed by atoms with Crippen LogP contribution in [0.25, 0.3) is 0 Å². The summed E-state index contributed by atoms with van der Waals surface area (Å²) >= 11 is 2.25. The van der Waals surface area contributed by atoms with Crippen molar-refractivity contribution in [2.75, 3.05) is 0 Å². The lowest BCUT2D eigenvalue weighted by atomic mass is 9.72. The van der Waals surface area contributed by atoms with Crippen LogP contribution in [0.1, 0.15) is 47.0 Å². The molecule has 0 aliphatic heterocycles. The Bertz CT molecular complexity index is 890. The van der Waals surface area contributed by atoms with E-state index in [4.69, 9.17) is 14.3 Å². The molecule has 0 heterocycles. The van der Waals surface area contributed by atoms with Gasteiger partial charge in [-0.05, 0) is 109 Å². The fourth-order valence-electron chi connectivity index (χ4n) is 3.55. The SMILES string of the molecule is CC1CC(C)(C)CCC1=NOC(=O)C(C)Oc1ccc(Oc2ccc(I)cc2)cc1. The van der Waals surface area contributed by atoms with Gasteiger partial charge in [-0.15, -0.1) is 0 Å². The van der Waals surface area contributed by atoms with E-state index in [1.54, 1.807) is 31.2 Å². The first-order valence-corrected chi connectivity index (χ1v) is 11.3. The topological polar surface area (TPSA) is 57.1 Å². The van der Waals surface area contributed by atoms with E-state index < -0.39 is 12.1 Å². The zero-order chi connectivity index (χ0) is 21.7.